The van der Waals surface area contributed by atoms with Crippen molar-refractivity contribution in [3.63, 3.8) is 0 Å². The van der Waals surface area contributed by atoms with Crippen molar-refractivity contribution in [1.29, 1.82) is 0 Å². The molecule has 1 saturated heterocycles. The molecular weight excluding hydrogens is 276 g/mol. The van der Waals surface area contributed by atoms with Gasteiger partial charge in [0.2, 0.25) is 5.91 Å². The second kappa shape index (κ2) is 4.85. The molecule has 0 bridgehead atoms. The summed E-state index contributed by atoms with van der Waals surface area (Å²) in [4.78, 5) is 36.1. The van der Waals surface area contributed by atoms with Crippen LogP contribution in [0.25, 0.3) is 0 Å². The maximum Gasteiger partial charge on any atom is 0.326 e. The van der Waals surface area contributed by atoms with Gasteiger partial charge in [-0.05, 0) is 23.8 Å². The summed E-state index contributed by atoms with van der Waals surface area (Å²) in [5.41, 5.74) is 1.72. The van der Waals surface area contributed by atoms with Crippen molar-refractivity contribution >= 4 is 23.5 Å². The molecule has 0 aromatic heterocycles. The molecule has 0 unspecified atom stereocenters. The Balaban J connectivity index is 1.87. The lowest BCUT2D eigenvalue weighted by Crippen LogP contribution is -2.40. The molecule has 1 aromatic rings. The van der Waals surface area contributed by atoms with Crippen LogP contribution in [0, 0.1) is 0 Å². The van der Waals surface area contributed by atoms with Crippen LogP contribution in [0.4, 0.5) is 5.69 Å². The van der Waals surface area contributed by atoms with E-state index in [0.29, 0.717) is 11.3 Å². The highest BCUT2D eigenvalue weighted by molar-refractivity contribution is 6.02. The molecule has 7 heteroatoms. The van der Waals surface area contributed by atoms with Gasteiger partial charge in [0.15, 0.2) is 0 Å². The lowest BCUT2D eigenvalue weighted by Gasteiger charge is -2.21. The van der Waals surface area contributed by atoms with E-state index in [9.17, 15) is 19.5 Å². The van der Waals surface area contributed by atoms with E-state index in [0.717, 1.165) is 5.56 Å². The van der Waals surface area contributed by atoms with Crippen LogP contribution in [-0.4, -0.2) is 51.6 Å². The van der Waals surface area contributed by atoms with Crippen molar-refractivity contribution in [1.82, 2.24) is 4.90 Å². The fourth-order valence-corrected chi connectivity index (χ4v) is 2.80. The van der Waals surface area contributed by atoms with E-state index < -0.39 is 24.0 Å². The summed E-state index contributed by atoms with van der Waals surface area (Å²) in [6, 6.07) is 3.77. The molecule has 2 aliphatic rings. The van der Waals surface area contributed by atoms with E-state index in [1.165, 1.54) is 4.90 Å². The van der Waals surface area contributed by atoms with Gasteiger partial charge in [0.25, 0.3) is 5.91 Å². The van der Waals surface area contributed by atoms with E-state index in [4.69, 9.17) is 5.11 Å². The molecule has 1 aromatic carbocycles. The topological polar surface area (TPSA) is 107 Å². The SMILES string of the molecule is O=C1Cc2cc(C(=O)N3C[C@H](O)C[C@H]3C(=O)O)ccc2N1. The van der Waals surface area contributed by atoms with E-state index in [-0.39, 0.29) is 25.3 Å². The number of aliphatic hydroxyl groups excluding tert-OH is 1. The number of anilines is 1. The molecule has 0 spiro atoms. The summed E-state index contributed by atoms with van der Waals surface area (Å²) in [6.07, 6.45) is -0.583. The number of benzene rings is 1. The first kappa shape index (κ1) is 13.6. The number of rotatable bonds is 2. The number of hydrogen-bond acceptors (Lipinski definition) is 4. The Morgan fingerprint density at radius 1 is 1.33 bits per heavy atom. The first-order valence-corrected chi connectivity index (χ1v) is 6.60. The van der Waals surface area contributed by atoms with Gasteiger partial charge in [-0.2, -0.15) is 0 Å². The number of β-amino-alcohol motifs (C(OH)–C–C–N with tert-alkyl or cyclic N) is 1. The van der Waals surface area contributed by atoms with E-state index in [1.807, 2.05) is 0 Å². The number of likely N-dealkylation sites (tertiary alicyclic amines) is 1. The van der Waals surface area contributed by atoms with Crippen LogP contribution in [0.1, 0.15) is 22.3 Å². The normalized spacial score (nSPS) is 23.9. The Morgan fingerprint density at radius 3 is 2.81 bits per heavy atom. The van der Waals surface area contributed by atoms with Crippen LogP contribution in [0.2, 0.25) is 0 Å². The molecule has 2 atom stereocenters. The highest BCUT2D eigenvalue weighted by atomic mass is 16.4. The second-order valence-electron chi connectivity index (χ2n) is 5.30. The zero-order valence-corrected chi connectivity index (χ0v) is 11.1. The van der Waals surface area contributed by atoms with Gasteiger partial charge in [0, 0.05) is 24.2 Å². The van der Waals surface area contributed by atoms with Gasteiger partial charge in [-0.15, -0.1) is 0 Å². The number of fused-ring (bicyclic) bond motifs is 1. The minimum Gasteiger partial charge on any atom is -0.480 e. The first-order valence-electron chi connectivity index (χ1n) is 6.60. The second-order valence-corrected chi connectivity index (χ2v) is 5.30. The number of carbonyl (C=O) groups is 3. The van der Waals surface area contributed by atoms with Gasteiger partial charge < -0.3 is 20.4 Å². The van der Waals surface area contributed by atoms with Crippen molar-refractivity contribution in [3.8, 4) is 0 Å². The zero-order valence-electron chi connectivity index (χ0n) is 11.1. The van der Waals surface area contributed by atoms with E-state index in [2.05, 4.69) is 5.32 Å². The molecule has 2 heterocycles. The number of carboxylic acid groups (broad SMARTS) is 1. The Kier molecular flexibility index (Phi) is 3.13. The number of nitrogens with zero attached hydrogens (tertiary/aromatic N) is 1. The molecule has 21 heavy (non-hydrogen) atoms. The van der Waals surface area contributed by atoms with Crippen LogP contribution in [0.5, 0.6) is 0 Å². The van der Waals surface area contributed by atoms with Gasteiger partial charge in [0.05, 0.1) is 12.5 Å². The Bertz CT molecular complexity index is 642. The number of amides is 2. The third-order valence-electron chi connectivity index (χ3n) is 3.80. The summed E-state index contributed by atoms with van der Waals surface area (Å²) >= 11 is 0. The molecular formula is C14H14N2O5. The number of hydrogen-bond donors (Lipinski definition) is 3. The molecule has 2 aliphatic heterocycles. The van der Waals surface area contributed by atoms with Crippen LogP contribution < -0.4 is 5.32 Å². The molecule has 0 aliphatic carbocycles. The fourth-order valence-electron chi connectivity index (χ4n) is 2.80. The summed E-state index contributed by atoms with van der Waals surface area (Å²) in [5, 5.41) is 21.4. The molecule has 0 radical (unpaired) electrons. The van der Waals surface area contributed by atoms with Crippen molar-refractivity contribution < 1.29 is 24.6 Å². The van der Waals surface area contributed by atoms with Gasteiger partial charge >= 0.3 is 5.97 Å². The standard InChI is InChI=1S/C14H14N2O5/c17-9-5-11(14(20)21)16(6-9)13(19)7-1-2-10-8(3-7)4-12(18)15-10/h1-3,9,11,17H,4-6H2,(H,15,18)(H,20,21)/t9-,11+/m1/s1. The number of aliphatic carboxylic acids is 1. The van der Waals surface area contributed by atoms with E-state index >= 15 is 0 Å². The zero-order chi connectivity index (χ0) is 15.1. The monoisotopic (exact) mass is 290 g/mol. The van der Waals surface area contributed by atoms with Crippen molar-refractivity contribution in [2.24, 2.45) is 0 Å². The Morgan fingerprint density at radius 2 is 2.10 bits per heavy atom. The number of carboxylic acids is 1. The predicted molar refractivity (Wildman–Crippen MR) is 71.9 cm³/mol. The Labute approximate surface area is 120 Å². The van der Waals surface area contributed by atoms with Crippen LogP contribution in [0.3, 0.4) is 0 Å². The number of aliphatic hydroxyl groups is 1. The smallest absolute Gasteiger partial charge is 0.326 e. The largest absolute Gasteiger partial charge is 0.480 e. The summed E-state index contributed by atoms with van der Waals surface area (Å²) in [7, 11) is 0. The number of carbonyl (C=O) groups excluding carboxylic acids is 2. The highest BCUT2D eigenvalue weighted by Crippen LogP contribution is 2.26. The summed E-state index contributed by atoms with van der Waals surface area (Å²) in [6.45, 7) is 0.00403. The predicted octanol–water partition coefficient (Wildman–Crippen LogP) is -0.159. The first-order chi connectivity index (χ1) is 9.95. The quantitative estimate of drug-likeness (QED) is 0.701. The van der Waals surface area contributed by atoms with E-state index in [1.54, 1.807) is 18.2 Å². The average Bonchev–Trinajstić information content (AvgIpc) is 2.98. The summed E-state index contributed by atoms with van der Waals surface area (Å²) in [5.74, 6) is -1.70. The van der Waals surface area contributed by atoms with Crippen molar-refractivity contribution in [3.05, 3.63) is 29.3 Å². The minimum absolute atomic E-state index is 0.00403. The molecule has 2 amide bonds. The third-order valence-corrected chi connectivity index (χ3v) is 3.80. The average molecular weight is 290 g/mol. The Hall–Kier alpha value is -2.41. The molecule has 7 nitrogen and oxygen atoms in total. The molecule has 3 rings (SSSR count). The molecule has 1 fully saturated rings. The minimum atomic E-state index is -1.13. The fraction of sp³-hybridized carbons (Fsp3) is 0.357. The van der Waals surface area contributed by atoms with Crippen molar-refractivity contribution in [2.45, 2.75) is 25.0 Å². The van der Waals surface area contributed by atoms with Crippen LogP contribution in [0.15, 0.2) is 18.2 Å². The summed E-state index contributed by atoms with van der Waals surface area (Å²) < 4.78 is 0. The van der Waals surface area contributed by atoms with Crippen molar-refractivity contribution in [2.75, 3.05) is 11.9 Å². The number of nitrogens with one attached hydrogen (secondary N) is 1. The van der Waals surface area contributed by atoms with Gasteiger partial charge in [-0.3, -0.25) is 9.59 Å². The van der Waals surface area contributed by atoms with Crippen LogP contribution >= 0.6 is 0 Å². The third kappa shape index (κ3) is 2.36. The molecule has 110 valence electrons. The highest BCUT2D eigenvalue weighted by Gasteiger charge is 2.39. The van der Waals surface area contributed by atoms with Gasteiger partial charge in [0.1, 0.15) is 6.04 Å². The lowest BCUT2D eigenvalue weighted by molar-refractivity contribution is -0.141. The lowest BCUT2D eigenvalue weighted by atomic mass is 10.1. The van der Waals surface area contributed by atoms with Crippen LogP contribution in [-0.2, 0) is 16.0 Å². The van der Waals surface area contributed by atoms with Gasteiger partial charge in [-0.25, -0.2) is 4.79 Å². The molecule has 0 saturated carbocycles. The maximum atomic E-state index is 12.4. The molecule has 3 N–H and O–H groups in total. The van der Waals surface area contributed by atoms with Gasteiger partial charge in [-0.1, -0.05) is 0 Å². The maximum absolute atomic E-state index is 12.4.